The van der Waals surface area contributed by atoms with E-state index in [1.807, 2.05) is 54.6 Å². The van der Waals surface area contributed by atoms with E-state index in [4.69, 9.17) is 9.47 Å². The summed E-state index contributed by atoms with van der Waals surface area (Å²) in [5.74, 6) is -1.19. The van der Waals surface area contributed by atoms with Crippen LogP contribution >= 0.6 is 0 Å². The molecule has 1 N–H and O–H groups in total. The highest BCUT2D eigenvalue weighted by Crippen LogP contribution is 2.53. The smallest absolute Gasteiger partial charge is 0.337 e. The van der Waals surface area contributed by atoms with Crippen molar-refractivity contribution in [3.8, 4) is 5.75 Å². The molecule has 170 valence electrons. The van der Waals surface area contributed by atoms with Gasteiger partial charge in [-0.2, -0.15) is 0 Å². The lowest BCUT2D eigenvalue weighted by atomic mass is 9.85. The molecule has 5 nitrogen and oxygen atoms in total. The van der Waals surface area contributed by atoms with Gasteiger partial charge in [-0.3, -0.25) is 4.79 Å². The van der Waals surface area contributed by atoms with Crippen LogP contribution in [0.2, 0.25) is 0 Å². The van der Waals surface area contributed by atoms with Crippen LogP contribution in [0.1, 0.15) is 46.2 Å². The molecule has 0 unspecified atom stereocenters. The minimum Gasteiger partial charge on any atom is -0.497 e. The van der Waals surface area contributed by atoms with Crippen molar-refractivity contribution in [3.63, 3.8) is 0 Å². The highest BCUT2D eigenvalue weighted by atomic mass is 19.1. The lowest BCUT2D eigenvalue weighted by Crippen LogP contribution is -2.41. The van der Waals surface area contributed by atoms with Crippen LogP contribution in [-0.2, 0) is 9.53 Å². The molecule has 0 bridgehead atoms. The largest absolute Gasteiger partial charge is 0.497 e. The number of halogens is 1. The molecule has 1 amide bonds. The maximum Gasteiger partial charge on any atom is 0.337 e. The van der Waals surface area contributed by atoms with E-state index in [0.717, 1.165) is 11.1 Å². The molecule has 0 aromatic heterocycles. The number of benzene rings is 3. The molecule has 3 aromatic carbocycles. The van der Waals surface area contributed by atoms with E-state index in [2.05, 4.69) is 5.32 Å². The SMILES string of the molecule is COC(=O)c1ccc(NC(=O)[C@@]2(F)C[C@H](c3cccc(OC)c3)C[C@H]2c2ccccc2)cc1. The Balaban J connectivity index is 1.62. The molecule has 1 fully saturated rings. The van der Waals surface area contributed by atoms with Gasteiger partial charge in [-0.25, -0.2) is 9.18 Å². The molecule has 0 spiro atoms. The Hall–Kier alpha value is -3.67. The highest BCUT2D eigenvalue weighted by molar-refractivity contribution is 5.99. The van der Waals surface area contributed by atoms with E-state index in [1.54, 1.807) is 19.2 Å². The first kappa shape index (κ1) is 22.5. The monoisotopic (exact) mass is 447 g/mol. The number of anilines is 1. The zero-order valence-corrected chi connectivity index (χ0v) is 18.6. The van der Waals surface area contributed by atoms with Crippen molar-refractivity contribution in [2.45, 2.75) is 30.3 Å². The Morgan fingerprint density at radius 2 is 1.64 bits per heavy atom. The third-order valence-electron chi connectivity index (χ3n) is 6.32. The van der Waals surface area contributed by atoms with Gasteiger partial charge in [0.05, 0.1) is 19.8 Å². The second kappa shape index (κ2) is 9.45. The van der Waals surface area contributed by atoms with Gasteiger partial charge in [0.2, 0.25) is 0 Å². The first-order valence-corrected chi connectivity index (χ1v) is 10.8. The van der Waals surface area contributed by atoms with Crippen LogP contribution in [0.3, 0.4) is 0 Å². The van der Waals surface area contributed by atoms with Gasteiger partial charge in [-0.15, -0.1) is 0 Å². The van der Waals surface area contributed by atoms with Gasteiger partial charge in [0.1, 0.15) is 5.75 Å². The summed E-state index contributed by atoms with van der Waals surface area (Å²) in [7, 11) is 2.90. The average molecular weight is 448 g/mol. The Kier molecular flexibility index (Phi) is 6.45. The summed E-state index contributed by atoms with van der Waals surface area (Å²) in [6.07, 6.45) is 0.564. The van der Waals surface area contributed by atoms with Gasteiger partial charge in [0, 0.05) is 11.6 Å². The van der Waals surface area contributed by atoms with Crippen LogP contribution in [0, 0.1) is 0 Å². The van der Waals surface area contributed by atoms with Crippen LogP contribution in [0.4, 0.5) is 10.1 Å². The lowest BCUT2D eigenvalue weighted by molar-refractivity contribution is -0.128. The fraction of sp³-hybridized carbons (Fsp3) is 0.259. The molecule has 0 aliphatic heterocycles. The van der Waals surface area contributed by atoms with E-state index in [1.165, 1.54) is 19.2 Å². The molecule has 4 rings (SSSR count). The van der Waals surface area contributed by atoms with Crippen LogP contribution in [-0.4, -0.2) is 31.8 Å². The summed E-state index contributed by atoms with van der Waals surface area (Å²) in [4.78, 5) is 24.9. The number of methoxy groups -OCH3 is 2. The number of hydrogen-bond donors (Lipinski definition) is 1. The van der Waals surface area contributed by atoms with E-state index in [0.29, 0.717) is 23.4 Å². The van der Waals surface area contributed by atoms with Crippen molar-refractivity contribution in [3.05, 3.63) is 95.6 Å². The number of hydrogen-bond acceptors (Lipinski definition) is 4. The number of carbonyl (C=O) groups excluding carboxylic acids is 2. The predicted molar refractivity (Wildman–Crippen MR) is 124 cm³/mol. The molecule has 3 atom stereocenters. The molecular formula is C27H26FNO4. The molecule has 1 aliphatic carbocycles. The molecule has 6 heteroatoms. The number of ether oxygens (including phenoxy) is 2. The highest BCUT2D eigenvalue weighted by Gasteiger charge is 2.54. The van der Waals surface area contributed by atoms with Crippen molar-refractivity contribution >= 4 is 17.6 Å². The van der Waals surface area contributed by atoms with Crippen molar-refractivity contribution in [2.75, 3.05) is 19.5 Å². The molecule has 0 saturated heterocycles. The van der Waals surface area contributed by atoms with E-state index >= 15 is 4.39 Å². The number of rotatable bonds is 6. The zero-order valence-electron chi connectivity index (χ0n) is 18.6. The van der Waals surface area contributed by atoms with E-state index < -0.39 is 23.5 Å². The van der Waals surface area contributed by atoms with Crippen LogP contribution in [0.5, 0.6) is 5.75 Å². The van der Waals surface area contributed by atoms with Crippen molar-refractivity contribution in [1.29, 1.82) is 0 Å². The van der Waals surface area contributed by atoms with E-state index in [9.17, 15) is 9.59 Å². The fourth-order valence-corrected chi connectivity index (χ4v) is 4.58. The van der Waals surface area contributed by atoms with Crippen molar-refractivity contribution < 1.29 is 23.5 Å². The van der Waals surface area contributed by atoms with Gasteiger partial charge in [-0.1, -0.05) is 42.5 Å². The molecule has 0 heterocycles. The third kappa shape index (κ3) is 4.60. The van der Waals surface area contributed by atoms with Gasteiger partial charge < -0.3 is 14.8 Å². The molecule has 33 heavy (non-hydrogen) atoms. The number of amides is 1. The molecule has 3 aromatic rings. The summed E-state index contributed by atoms with van der Waals surface area (Å²) in [5.41, 5.74) is 0.412. The fourth-order valence-electron chi connectivity index (χ4n) is 4.58. The summed E-state index contributed by atoms with van der Waals surface area (Å²) < 4.78 is 26.6. The second-order valence-electron chi connectivity index (χ2n) is 8.26. The summed E-state index contributed by atoms with van der Waals surface area (Å²) in [5, 5.41) is 2.71. The molecular weight excluding hydrogens is 421 g/mol. The molecule has 0 radical (unpaired) electrons. The molecule has 1 saturated carbocycles. The van der Waals surface area contributed by atoms with Gasteiger partial charge in [0.25, 0.3) is 5.91 Å². The normalized spacial score (nSPS) is 21.9. The Bertz CT molecular complexity index is 1130. The summed E-state index contributed by atoms with van der Waals surface area (Å²) >= 11 is 0. The van der Waals surface area contributed by atoms with Crippen LogP contribution in [0.15, 0.2) is 78.9 Å². The number of esters is 1. The minimum atomic E-state index is -2.10. The quantitative estimate of drug-likeness (QED) is 0.508. The van der Waals surface area contributed by atoms with E-state index in [-0.39, 0.29) is 12.3 Å². The number of nitrogens with one attached hydrogen (secondary N) is 1. The van der Waals surface area contributed by atoms with Gasteiger partial charge in [-0.05, 0) is 66.3 Å². The zero-order chi connectivity index (χ0) is 23.4. The minimum absolute atomic E-state index is 0.0613. The lowest BCUT2D eigenvalue weighted by Gasteiger charge is -2.26. The Morgan fingerprint density at radius 1 is 0.939 bits per heavy atom. The first-order chi connectivity index (χ1) is 15.9. The summed E-state index contributed by atoms with van der Waals surface area (Å²) in [6, 6.07) is 23.1. The number of carbonyl (C=O) groups is 2. The first-order valence-electron chi connectivity index (χ1n) is 10.8. The maximum atomic E-state index is 16.6. The standard InChI is InChI=1S/C27H26FNO4/c1-32-23-10-6-9-20(15-23)21-16-24(18-7-4-3-5-8-18)27(28,17-21)26(31)29-22-13-11-19(12-14-22)25(30)33-2/h3-15,21,24H,16-17H2,1-2H3,(H,29,31)/t21-,24+,27-/m1/s1. The second-order valence-corrected chi connectivity index (χ2v) is 8.26. The third-order valence-corrected chi connectivity index (χ3v) is 6.32. The number of alkyl halides is 1. The van der Waals surface area contributed by atoms with Crippen molar-refractivity contribution in [1.82, 2.24) is 0 Å². The maximum absolute atomic E-state index is 16.6. The Morgan fingerprint density at radius 3 is 2.30 bits per heavy atom. The van der Waals surface area contributed by atoms with Gasteiger partial charge >= 0.3 is 5.97 Å². The topological polar surface area (TPSA) is 64.6 Å². The average Bonchev–Trinajstić information content (AvgIpc) is 3.23. The van der Waals surface area contributed by atoms with Crippen LogP contribution in [0.25, 0.3) is 0 Å². The Labute approximate surface area is 192 Å². The van der Waals surface area contributed by atoms with Crippen LogP contribution < -0.4 is 10.1 Å². The summed E-state index contributed by atoms with van der Waals surface area (Å²) in [6.45, 7) is 0. The predicted octanol–water partition coefficient (Wildman–Crippen LogP) is 5.49. The molecule has 1 aliphatic rings. The van der Waals surface area contributed by atoms with Crippen molar-refractivity contribution in [2.24, 2.45) is 0 Å². The van der Waals surface area contributed by atoms with Gasteiger partial charge in [0.15, 0.2) is 5.67 Å².